The van der Waals surface area contributed by atoms with Gasteiger partial charge < -0.3 is 9.47 Å². The van der Waals surface area contributed by atoms with E-state index in [1.54, 1.807) is 0 Å². The zero-order chi connectivity index (χ0) is 27.7. The molecule has 0 radical (unpaired) electrons. The van der Waals surface area contributed by atoms with E-state index in [1.165, 1.54) is 68.9 Å². The van der Waals surface area contributed by atoms with Gasteiger partial charge in [-0.1, -0.05) is 132 Å². The third kappa shape index (κ3) is 10.5. The zero-order valence-corrected chi connectivity index (χ0v) is 24.4. The van der Waals surface area contributed by atoms with Crippen molar-refractivity contribution in [1.29, 1.82) is 0 Å². The van der Waals surface area contributed by atoms with Gasteiger partial charge in [-0.15, -0.1) is 0 Å². The normalized spacial score (nSPS) is 11.8. The Hall–Kier alpha value is -3.07. The van der Waals surface area contributed by atoms with Crippen LogP contribution >= 0.6 is 0 Å². The molecule has 0 aliphatic heterocycles. The monoisotopic (exact) mass is 528 g/mol. The van der Waals surface area contributed by atoms with Gasteiger partial charge in [0.15, 0.2) is 0 Å². The summed E-state index contributed by atoms with van der Waals surface area (Å²) in [5, 5.41) is 0. The first-order valence-corrected chi connectivity index (χ1v) is 15.2. The van der Waals surface area contributed by atoms with E-state index in [1.807, 2.05) is 26.0 Å². The maximum atomic E-state index is 12.4. The van der Waals surface area contributed by atoms with Gasteiger partial charge in [0, 0.05) is 6.42 Å². The lowest BCUT2D eigenvalue weighted by molar-refractivity contribution is -0.148. The first-order chi connectivity index (χ1) is 19.1. The van der Waals surface area contributed by atoms with Crippen molar-refractivity contribution in [3.8, 4) is 28.0 Å². The predicted molar refractivity (Wildman–Crippen MR) is 164 cm³/mol. The van der Waals surface area contributed by atoms with Crippen LogP contribution in [0.15, 0.2) is 72.8 Å². The van der Waals surface area contributed by atoms with Gasteiger partial charge in [-0.3, -0.25) is 4.79 Å². The second-order valence-corrected chi connectivity index (χ2v) is 10.5. The van der Waals surface area contributed by atoms with Crippen LogP contribution in [0.3, 0.4) is 0 Å². The Morgan fingerprint density at radius 1 is 0.641 bits per heavy atom. The van der Waals surface area contributed by atoms with Gasteiger partial charge in [0.25, 0.3) is 0 Å². The molecule has 0 bridgehead atoms. The Kier molecular flexibility index (Phi) is 13.7. The van der Waals surface area contributed by atoms with Crippen molar-refractivity contribution in [1.82, 2.24) is 0 Å². The second-order valence-electron chi connectivity index (χ2n) is 10.5. The molecule has 0 N–H and O–H groups in total. The van der Waals surface area contributed by atoms with E-state index >= 15 is 0 Å². The van der Waals surface area contributed by atoms with E-state index in [2.05, 4.69) is 67.6 Å². The van der Waals surface area contributed by atoms with Crippen LogP contribution in [0.2, 0.25) is 0 Å². The highest BCUT2D eigenvalue weighted by atomic mass is 16.5. The molecular weight excluding hydrogens is 480 g/mol. The topological polar surface area (TPSA) is 35.5 Å². The first-order valence-electron chi connectivity index (χ1n) is 15.2. The maximum Gasteiger partial charge on any atom is 0.306 e. The lowest BCUT2D eigenvalue weighted by Gasteiger charge is -2.15. The quantitative estimate of drug-likeness (QED) is 0.122. The average molecular weight is 529 g/mol. The summed E-state index contributed by atoms with van der Waals surface area (Å²) in [5.74, 6) is 0.790. The van der Waals surface area contributed by atoms with Gasteiger partial charge in [-0.25, -0.2) is 0 Å². The Balaban J connectivity index is 1.43. The number of benzene rings is 3. The van der Waals surface area contributed by atoms with E-state index in [4.69, 9.17) is 9.47 Å². The number of hydrogen-bond acceptors (Lipinski definition) is 3. The van der Waals surface area contributed by atoms with Crippen LogP contribution in [0.4, 0.5) is 0 Å². The highest BCUT2D eigenvalue weighted by Crippen LogP contribution is 2.33. The highest BCUT2D eigenvalue weighted by molar-refractivity contribution is 5.83. The number of carbonyl (C=O) groups is 1. The molecule has 3 heteroatoms. The molecule has 3 rings (SSSR count). The van der Waals surface area contributed by atoms with Crippen molar-refractivity contribution in [3.05, 3.63) is 78.4 Å². The first kappa shape index (κ1) is 30.5. The molecule has 1 atom stereocenters. The van der Waals surface area contributed by atoms with E-state index < -0.39 is 0 Å². The molecule has 3 nitrogen and oxygen atoms in total. The summed E-state index contributed by atoms with van der Waals surface area (Å²) in [6.07, 6.45) is 14.3. The molecule has 0 saturated heterocycles. The standard InChI is InChI=1S/C36H48O3/c1-4-6-7-8-9-10-11-12-13-14-15-20-36(37)39-29(3)30-21-23-31(24-22-30)34-18-16-17-19-35(34)32-25-27-33(28-26-32)38-5-2/h16-19,21-29H,4-15,20H2,1-3H3. The van der Waals surface area contributed by atoms with E-state index in [-0.39, 0.29) is 12.1 Å². The second kappa shape index (κ2) is 17.5. The molecule has 0 aromatic heterocycles. The maximum absolute atomic E-state index is 12.4. The van der Waals surface area contributed by atoms with Crippen molar-refractivity contribution in [2.75, 3.05) is 6.61 Å². The van der Waals surface area contributed by atoms with E-state index in [0.29, 0.717) is 13.0 Å². The van der Waals surface area contributed by atoms with Crippen molar-refractivity contribution in [2.24, 2.45) is 0 Å². The largest absolute Gasteiger partial charge is 0.494 e. The van der Waals surface area contributed by atoms with Gasteiger partial charge in [-0.05, 0) is 60.2 Å². The molecule has 0 spiro atoms. The molecule has 0 aliphatic carbocycles. The summed E-state index contributed by atoms with van der Waals surface area (Å²) in [4.78, 5) is 12.4. The van der Waals surface area contributed by atoms with Crippen molar-refractivity contribution in [3.63, 3.8) is 0 Å². The Bertz CT molecular complexity index is 1090. The molecule has 0 aliphatic rings. The lowest BCUT2D eigenvalue weighted by Crippen LogP contribution is -2.08. The van der Waals surface area contributed by atoms with Crippen molar-refractivity contribution in [2.45, 2.75) is 104 Å². The minimum atomic E-state index is -0.249. The highest BCUT2D eigenvalue weighted by Gasteiger charge is 2.13. The number of unbranched alkanes of at least 4 members (excludes halogenated alkanes) is 10. The molecule has 0 heterocycles. The molecule has 1 unspecified atom stereocenters. The molecule has 0 saturated carbocycles. The van der Waals surface area contributed by atoms with Crippen molar-refractivity contribution < 1.29 is 14.3 Å². The van der Waals surface area contributed by atoms with Gasteiger partial charge in [0.1, 0.15) is 11.9 Å². The molecule has 39 heavy (non-hydrogen) atoms. The molecule has 3 aromatic rings. The number of rotatable bonds is 18. The van der Waals surface area contributed by atoms with Gasteiger partial charge in [0.2, 0.25) is 0 Å². The smallest absolute Gasteiger partial charge is 0.306 e. The van der Waals surface area contributed by atoms with Crippen molar-refractivity contribution >= 4 is 5.97 Å². The summed E-state index contributed by atoms with van der Waals surface area (Å²) in [6, 6.07) is 25.1. The van der Waals surface area contributed by atoms with Gasteiger partial charge >= 0.3 is 5.97 Å². The Morgan fingerprint density at radius 2 is 1.13 bits per heavy atom. The molecule has 210 valence electrons. The van der Waals surface area contributed by atoms with Gasteiger partial charge in [0.05, 0.1) is 6.61 Å². The third-order valence-electron chi connectivity index (χ3n) is 7.39. The minimum Gasteiger partial charge on any atom is -0.494 e. The fourth-order valence-corrected chi connectivity index (χ4v) is 5.08. The van der Waals surface area contributed by atoms with Crippen LogP contribution in [0.25, 0.3) is 22.3 Å². The lowest BCUT2D eigenvalue weighted by atomic mass is 9.94. The fourth-order valence-electron chi connectivity index (χ4n) is 5.08. The molecular formula is C36H48O3. The predicted octanol–water partition coefficient (Wildman–Crippen LogP) is 10.7. The number of hydrogen-bond donors (Lipinski definition) is 0. The van der Waals surface area contributed by atoms with E-state index in [0.717, 1.165) is 35.3 Å². The average Bonchev–Trinajstić information content (AvgIpc) is 2.96. The minimum absolute atomic E-state index is 0.0941. The third-order valence-corrected chi connectivity index (χ3v) is 7.39. The van der Waals surface area contributed by atoms with Crippen LogP contribution in [-0.2, 0) is 9.53 Å². The van der Waals surface area contributed by atoms with Crippen LogP contribution < -0.4 is 4.74 Å². The summed E-state index contributed by atoms with van der Waals surface area (Å²) in [5.41, 5.74) is 5.67. The van der Waals surface area contributed by atoms with Crippen LogP contribution in [0.5, 0.6) is 5.75 Å². The van der Waals surface area contributed by atoms with Crippen LogP contribution in [0.1, 0.15) is 109 Å². The molecule has 0 fully saturated rings. The summed E-state index contributed by atoms with van der Waals surface area (Å²) in [7, 11) is 0. The molecule has 3 aromatic carbocycles. The van der Waals surface area contributed by atoms with E-state index in [9.17, 15) is 4.79 Å². The fraction of sp³-hybridized carbons (Fsp3) is 0.472. The van der Waals surface area contributed by atoms with Crippen LogP contribution in [0, 0.1) is 0 Å². The number of esters is 1. The number of ether oxygens (including phenoxy) is 2. The van der Waals surface area contributed by atoms with Crippen LogP contribution in [-0.4, -0.2) is 12.6 Å². The summed E-state index contributed by atoms with van der Waals surface area (Å²) >= 11 is 0. The Morgan fingerprint density at radius 3 is 1.64 bits per heavy atom. The Labute approximate surface area is 237 Å². The number of carbonyl (C=O) groups excluding carboxylic acids is 1. The summed E-state index contributed by atoms with van der Waals surface area (Å²) < 4.78 is 11.3. The summed E-state index contributed by atoms with van der Waals surface area (Å²) in [6.45, 7) is 6.88. The SMILES string of the molecule is CCCCCCCCCCCCCC(=O)OC(C)c1ccc(-c2ccccc2-c2ccc(OCC)cc2)cc1. The zero-order valence-electron chi connectivity index (χ0n) is 24.4. The van der Waals surface area contributed by atoms with Gasteiger partial charge in [-0.2, -0.15) is 0 Å². The molecule has 0 amide bonds.